The van der Waals surface area contributed by atoms with Crippen LogP contribution in [0.25, 0.3) is 0 Å². The molecule has 0 heterocycles. The fourth-order valence-electron chi connectivity index (χ4n) is 1.61. The van der Waals surface area contributed by atoms with Crippen LogP contribution in [0, 0.1) is 13.8 Å². The average molecular weight is 260 g/mol. The normalized spacial score (nSPS) is 11.1. The van der Waals surface area contributed by atoms with E-state index < -0.39 is 0 Å². The Morgan fingerprint density at radius 3 is 2.61 bits per heavy atom. The minimum Gasteiger partial charge on any atom is -0.506 e. The number of hydrogen-bond donors (Lipinski definition) is 1. The second-order valence-electron chi connectivity index (χ2n) is 4.26. The summed E-state index contributed by atoms with van der Waals surface area (Å²) in [5.74, 6) is 0.0838. The summed E-state index contributed by atoms with van der Waals surface area (Å²) >= 11 is 5.84. The maximum atomic E-state index is 9.33. The molecule has 18 heavy (non-hydrogen) atoms. The van der Waals surface area contributed by atoms with Gasteiger partial charge in [0.25, 0.3) is 0 Å². The van der Waals surface area contributed by atoms with E-state index in [-0.39, 0.29) is 5.75 Å². The van der Waals surface area contributed by atoms with Crippen molar-refractivity contribution < 1.29 is 5.11 Å². The van der Waals surface area contributed by atoms with Crippen LogP contribution < -0.4 is 0 Å². The van der Waals surface area contributed by atoms with Crippen LogP contribution in [0.1, 0.15) is 16.7 Å². The molecule has 0 bridgehead atoms. The van der Waals surface area contributed by atoms with Gasteiger partial charge in [-0.25, -0.2) is 0 Å². The first-order chi connectivity index (χ1) is 8.56. The number of aryl methyl sites for hydroxylation is 2. The van der Waals surface area contributed by atoms with Crippen molar-refractivity contribution >= 4 is 23.5 Å². The molecule has 0 aliphatic heterocycles. The standard InChI is InChI=1S/C15H14ClNO/c1-10-3-4-11(2)14(7-10)17-9-12-5-6-15(18)13(16)8-12/h3-9,18H,1-2H3. The molecule has 0 aromatic heterocycles. The van der Waals surface area contributed by atoms with Crippen LogP contribution in [0.3, 0.4) is 0 Å². The highest BCUT2D eigenvalue weighted by molar-refractivity contribution is 6.32. The highest BCUT2D eigenvalue weighted by Crippen LogP contribution is 2.24. The molecular formula is C15H14ClNO. The molecule has 2 aromatic carbocycles. The number of aliphatic imine (C=N–C) groups is 1. The second-order valence-corrected chi connectivity index (χ2v) is 4.67. The molecule has 1 N–H and O–H groups in total. The van der Waals surface area contributed by atoms with Crippen LogP contribution in [-0.4, -0.2) is 11.3 Å². The summed E-state index contributed by atoms with van der Waals surface area (Å²) in [6, 6.07) is 11.2. The number of phenolic OH excluding ortho intramolecular Hbond substituents is 1. The first-order valence-electron chi connectivity index (χ1n) is 5.66. The summed E-state index contributed by atoms with van der Waals surface area (Å²) in [6.07, 6.45) is 1.74. The molecule has 0 saturated carbocycles. The first kappa shape index (κ1) is 12.7. The average Bonchev–Trinajstić information content (AvgIpc) is 2.34. The Bertz CT molecular complexity index is 605. The zero-order chi connectivity index (χ0) is 13.1. The molecule has 0 amide bonds. The van der Waals surface area contributed by atoms with Gasteiger partial charge in [-0.2, -0.15) is 0 Å². The molecule has 3 heteroatoms. The van der Waals surface area contributed by atoms with Crippen LogP contribution >= 0.6 is 11.6 Å². The van der Waals surface area contributed by atoms with E-state index in [1.807, 2.05) is 26.0 Å². The van der Waals surface area contributed by atoms with E-state index in [2.05, 4.69) is 11.1 Å². The summed E-state index contributed by atoms with van der Waals surface area (Å²) in [5, 5.41) is 9.67. The smallest absolute Gasteiger partial charge is 0.134 e. The number of rotatable bonds is 2. The molecule has 92 valence electrons. The van der Waals surface area contributed by atoms with Gasteiger partial charge < -0.3 is 5.11 Å². The summed E-state index contributed by atoms with van der Waals surface area (Å²) < 4.78 is 0. The van der Waals surface area contributed by atoms with Gasteiger partial charge in [-0.15, -0.1) is 0 Å². The van der Waals surface area contributed by atoms with Crippen molar-refractivity contribution in [1.29, 1.82) is 0 Å². The number of nitrogens with zero attached hydrogens (tertiary/aromatic N) is 1. The molecule has 0 atom stereocenters. The molecule has 0 fully saturated rings. The lowest BCUT2D eigenvalue weighted by atomic mass is 10.1. The Labute approximate surface area is 112 Å². The zero-order valence-electron chi connectivity index (χ0n) is 10.3. The largest absolute Gasteiger partial charge is 0.506 e. The van der Waals surface area contributed by atoms with Crippen molar-refractivity contribution in [3.63, 3.8) is 0 Å². The molecule has 2 rings (SSSR count). The molecule has 0 unspecified atom stereocenters. The monoisotopic (exact) mass is 259 g/mol. The van der Waals surface area contributed by atoms with Crippen LogP contribution in [0.15, 0.2) is 41.4 Å². The van der Waals surface area contributed by atoms with Gasteiger partial charge in [0.15, 0.2) is 0 Å². The third-order valence-electron chi connectivity index (χ3n) is 2.69. The fourth-order valence-corrected chi connectivity index (χ4v) is 1.80. The van der Waals surface area contributed by atoms with E-state index in [9.17, 15) is 5.11 Å². The van der Waals surface area contributed by atoms with E-state index in [4.69, 9.17) is 11.6 Å². The van der Waals surface area contributed by atoms with Crippen LogP contribution in [0.4, 0.5) is 5.69 Å². The molecule has 2 nitrogen and oxygen atoms in total. The van der Waals surface area contributed by atoms with Gasteiger partial charge >= 0.3 is 0 Å². The summed E-state index contributed by atoms with van der Waals surface area (Å²) in [6.45, 7) is 4.06. The Morgan fingerprint density at radius 1 is 1.11 bits per heavy atom. The molecule has 0 aliphatic rings. The fraction of sp³-hybridized carbons (Fsp3) is 0.133. The van der Waals surface area contributed by atoms with Crippen molar-refractivity contribution in [3.05, 3.63) is 58.1 Å². The SMILES string of the molecule is Cc1ccc(C)c(N=Cc2ccc(O)c(Cl)c2)c1. The zero-order valence-corrected chi connectivity index (χ0v) is 11.1. The topological polar surface area (TPSA) is 32.6 Å². The lowest BCUT2D eigenvalue weighted by Gasteiger charge is -2.02. The lowest BCUT2D eigenvalue weighted by molar-refractivity contribution is 0.475. The van der Waals surface area contributed by atoms with Crippen LogP contribution in [-0.2, 0) is 0 Å². The van der Waals surface area contributed by atoms with Crippen molar-refractivity contribution in [3.8, 4) is 5.75 Å². The second kappa shape index (κ2) is 5.23. The van der Waals surface area contributed by atoms with Gasteiger partial charge in [0, 0.05) is 6.21 Å². The van der Waals surface area contributed by atoms with Crippen LogP contribution in [0.2, 0.25) is 5.02 Å². The molecule has 0 radical (unpaired) electrons. The van der Waals surface area contributed by atoms with Crippen molar-refractivity contribution in [2.45, 2.75) is 13.8 Å². The number of halogens is 1. The van der Waals surface area contributed by atoms with Crippen molar-refractivity contribution in [1.82, 2.24) is 0 Å². The number of aromatic hydroxyl groups is 1. The highest BCUT2D eigenvalue weighted by atomic mass is 35.5. The summed E-state index contributed by atoms with van der Waals surface area (Å²) in [7, 11) is 0. The highest BCUT2D eigenvalue weighted by Gasteiger charge is 1.99. The third kappa shape index (κ3) is 2.90. The molecule has 2 aromatic rings. The quantitative estimate of drug-likeness (QED) is 0.796. The molecule has 0 spiro atoms. The van der Waals surface area contributed by atoms with E-state index in [0.717, 1.165) is 16.8 Å². The van der Waals surface area contributed by atoms with E-state index in [1.165, 1.54) is 5.56 Å². The van der Waals surface area contributed by atoms with Crippen molar-refractivity contribution in [2.24, 2.45) is 4.99 Å². The van der Waals surface area contributed by atoms with Crippen LogP contribution in [0.5, 0.6) is 5.75 Å². The Hall–Kier alpha value is -1.80. The summed E-state index contributed by atoms with van der Waals surface area (Å²) in [5.41, 5.74) is 4.11. The molecular weight excluding hydrogens is 246 g/mol. The van der Waals surface area contributed by atoms with E-state index >= 15 is 0 Å². The number of phenols is 1. The van der Waals surface area contributed by atoms with Gasteiger partial charge in [-0.05, 0) is 54.8 Å². The minimum absolute atomic E-state index is 0.0838. The number of benzene rings is 2. The van der Waals surface area contributed by atoms with Gasteiger partial charge in [0.2, 0.25) is 0 Å². The number of hydrogen-bond acceptors (Lipinski definition) is 2. The lowest BCUT2D eigenvalue weighted by Crippen LogP contribution is -1.82. The molecule has 0 saturated heterocycles. The Balaban J connectivity index is 2.29. The van der Waals surface area contributed by atoms with E-state index in [1.54, 1.807) is 24.4 Å². The minimum atomic E-state index is 0.0838. The first-order valence-corrected chi connectivity index (χ1v) is 6.04. The third-order valence-corrected chi connectivity index (χ3v) is 2.99. The van der Waals surface area contributed by atoms with Gasteiger partial charge in [0.1, 0.15) is 5.75 Å². The molecule has 0 aliphatic carbocycles. The predicted molar refractivity (Wildman–Crippen MR) is 76.3 cm³/mol. The predicted octanol–water partition coefficient (Wildman–Crippen LogP) is 4.41. The Kier molecular flexibility index (Phi) is 3.68. The van der Waals surface area contributed by atoms with Gasteiger partial charge in [-0.1, -0.05) is 23.7 Å². The van der Waals surface area contributed by atoms with E-state index in [0.29, 0.717) is 5.02 Å². The van der Waals surface area contributed by atoms with Gasteiger partial charge in [-0.3, -0.25) is 4.99 Å². The van der Waals surface area contributed by atoms with Gasteiger partial charge in [0.05, 0.1) is 10.7 Å². The summed E-state index contributed by atoms with van der Waals surface area (Å²) in [4.78, 5) is 4.44. The maximum Gasteiger partial charge on any atom is 0.134 e. The van der Waals surface area contributed by atoms with Crippen molar-refractivity contribution in [2.75, 3.05) is 0 Å². The maximum absolute atomic E-state index is 9.33. The Morgan fingerprint density at radius 2 is 1.89 bits per heavy atom.